The number of carbonyl (C=O) groups excluding carboxylic acids is 1. The largest absolute Gasteiger partial charge is 0.468 e. The molecule has 1 aromatic heterocycles. The normalized spacial score (nSPS) is 21.0. The third-order valence-corrected chi connectivity index (χ3v) is 8.26. The Kier molecular flexibility index (Phi) is 9.13. The Morgan fingerprint density at radius 2 is 2.00 bits per heavy atom. The van der Waals surface area contributed by atoms with Gasteiger partial charge in [-0.25, -0.2) is 9.36 Å². The second kappa shape index (κ2) is 12.2. The van der Waals surface area contributed by atoms with Crippen LogP contribution in [0.25, 0.3) is 16.8 Å². The number of hydrogen-bond donors (Lipinski definition) is 3. The maximum Gasteiger partial charge on any atom is 0.459 e. The van der Waals surface area contributed by atoms with Crippen LogP contribution in [-0.4, -0.2) is 52.1 Å². The number of aliphatic hydroxyl groups is 1. The average Bonchev–Trinajstić information content (AvgIpc) is 3.28. The van der Waals surface area contributed by atoms with Crippen LogP contribution >= 0.6 is 23.7 Å². The molecule has 3 N–H and O–H groups in total. The van der Waals surface area contributed by atoms with Crippen molar-refractivity contribution in [2.75, 3.05) is 13.7 Å². The summed E-state index contributed by atoms with van der Waals surface area (Å²) in [5, 5.41) is 14.8. The number of hydrogen-bond acceptors (Lipinski definition) is 9. The second-order valence-electron chi connectivity index (χ2n) is 9.57. The highest BCUT2D eigenvalue weighted by Crippen LogP contribution is 2.48. The van der Waals surface area contributed by atoms with E-state index in [0.29, 0.717) is 5.39 Å². The lowest BCUT2D eigenvalue weighted by Crippen LogP contribution is -2.47. The fourth-order valence-electron chi connectivity index (χ4n) is 4.24. The highest BCUT2D eigenvalue weighted by Gasteiger charge is 2.43. The Balaban J connectivity index is 1.58. The Morgan fingerprint density at radius 1 is 1.27 bits per heavy atom. The van der Waals surface area contributed by atoms with E-state index < -0.39 is 55.5 Å². The van der Waals surface area contributed by atoms with Gasteiger partial charge in [0, 0.05) is 18.0 Å². The molecule has 40 heavy (non-hydrogen) atoms. The number of esters is 1. The zero-order valence-corrected chi connectivity index (χ0v) is 24.4. The van der Waals surface area contributed by atoms with Crippen LogP contribution in [0.2, 0.25) is 0 Å². The van der Waals surface area contributed by atoms with Gasteiger partial charge in [-0.3, -0.25) is 23.7 Å². The lowest BCUT2D eigenvalue weighted by Gasteiger charge is -2.29. The predicted octanol–water partition coefficient (Wildman–Crippen LogP) is 3.45. The lowest BCUT2D eigenvalue weighted by molar-refractivity contribution is -0.146. The minimum absolute atomic E-state index is 0.00694. The SMILES string of the molecule is COC(=O)C(C)(C)NP(=O)(OCC1OC(n2cc(/C=C/Br)c(=O)[nH]c2=O)CC1O)Oc1cccc2ccccc12. The Hall–Kier alpha value is -3.06. The number of nitrogens with one attached hydrogen (secondary N) is 2. The Labute approximate surface area is 237 Å². The number of ether oxygens (including phenoxy) is 2. The molecule has 4 unspecified atom stereocenters. The zero-order chi connectivity index (χ0) is 29.1. The topological polar surface area (TPSA) is 158 Å². The molecular formula is C26H29BrN3O9P. The summed E-state index contributed by atoms with van der Waals surface area (Å²) in [6.45, 7) is 2.50. The van der Waals surface area contributed by atoms with E-state index in [9.17, 15) is 24.1 Å². The maximum absolute atomic E-state index is 14.1. The van der Waals surface area contributed by atoms with Gasteiger partial charge >= 0.3 is 19.4 Å². The van der Waals surface area contributed by atoms with Gasteiger partial charge in [-0.1, -0.05) is 52.3 Å². The van der Waals surface area contributed by atoms with Gasteiger partial charge in [0.15, 0.2) is 0 Å². The van der Waals surface area contributed by atoms with Crippen LogP contribution in [0.1, 0.15) is 32.1 Å². The molecule has 14 heteroatoms. The molecule has 1 aliphatic heterocycles. The highest BCUT2D eigenvalue weighted by molar-refractivity contribution is 9.11. The van der Waals surface area contributed by atoms with Gasteiger partial charge in [-0.15, -0.1) is 0 Å². The van der Waals surface area contributed by atoms with Crippen molar-refractivity contribution in [2.45, 2.75) is 44.2 Å². The number of aromatic amines is 1. The van der Waals surface area contributed by atoms with E-state index in [1.54, 1.807) is 24.3 Å². The number of H-pyrrole nitrogens is 1. The molecule has 0 spiro atoms. The van der Waals surface area contributed by atoms with Crippen LogP contribution in [0, 0.1) is 0 Å². The second-order valence-corrected chi connectivity index (χ2v) is 11.8. The molecule has 1 aliphatic rings. The first-order valence-corrected chi connectivity index (χ1v) is 14.7. The molecule has 1 fully saturated rings. The van der Waals surface area contributed by atoms with Crippen molar-refractivity contribution in [2.24, 2.45) is 0 Å². The average molecular weight is 638 g/mol. The van der Waals surface area contributed by atoms with Crippen molar-refractivity contribution < 1.29 is 33.0 Å². The molecule has 2 heterocycles. The van der Waals surface area contributed by atoms with Gasteiger partial charge in [0.05, 0.1) is 25.4 Å². The van der Waals surface area contributed by atoms with Gasteiger partial charge in [0.2, 0.25) is 0 Å². The molecule has 0 amide bonds. The van der Waals surface area contributed by atoms with E-state index in [0.717, 1.165) is 9.95 Å². The summed E-state index contributed by atoms with van der Waals surface area (Å²) in [6.07, 6.45) is -0.309. The monoisotopic (exact) mass is 637 g/mol. The van der Waals surface area contributed by atoms with Crippen LogP contribution in [0.3, 0.4) is 0 Å². The first kappa shape index (κ1) is 29.9. The van der Waals surface area contributed by atoms with E-state index in [2.05, 4.69) is 26.0 Å². The first-order valence-electron chi connectivity index (χ1n) is 12.2. The number of aliphatic hydroxyl groups excluding tert-OH is 1. The molecule has 4 rings (SSSR count). The number of rotatable bonds is 10. The predicted molar refractivity (Wildman–Crippen MR) is 151 cm³/mol. The van der Waals surface area contributed by atoms with Gasteiger partial charge in [0.1, 0.15) is 23.6 Å². The standard InChI is InChI=1S/C26H29BrN3O9P/c1-26(2,24(33)36-3)29-40(35,39-20-10-6-8-16-7-4-5-9-18(16)20)37-15-21-19(31)13-22(38-21)30-14-17(11-12-27)23(32)28-25(30)34/h4-12,14,19,21-22,31H,13,15H2,1-3H3,(H,29,35)(H,28,32,34)/b12-11+. The molecule has 1 saturated heterocycles. The smallest absolute Gasteiger partial charge is 0.459 e. The molecule has 214 valence electrons. The molecule has 2 aromatic carbocycles. The fraction of sp³-hybridized carbons (Fsp3) is 0.346. The summed E-state index contributed by atoms with van der Waals surface area (Å²) >= 11 is 3.09. The summed E-state index contributed by atoms with van der Waals surface area (Å²) in [7, 11) is -3.11. The molecule has 0 radical (unpaired) electrons. The third kappa shape index (κ3) is 6.63. The quantitative estimate of drug-likeness (QED) is 0.222. The molecule has 0 saturated carbocycles. The summed E-state index contributed by atoms with van der Waals surface area (Å²) in [5.41, 5.74) is -2.59. The number of benzene rings is 2. The summed E-state index contributed by atoms with van der Waals surface area (Å²) in [6, 6.07) is 12.5. The molecule has 0 bridgehead atoms. The number of methoxy groups -OCH3 is 1. The molecular weight excluding hydrogens is 609 g/mol. The minimum atomic E-state index is -4.31. The van der Waals surface area contributed by atoms with Crippen molar-refractivity contribution in [1.29, 1.82) is 0 Å². The van der Waals surface area contributed by atoms with E-state index in [-0.39, 0.29) is 17.7 Å². The summed E-state index contributed by atoms with van der Waals surface area (Å²) in [4.78, 5) is 40.5. The van der Waals surface area contributed by atoms with Crippen LogP contribution in [-0.2, 0) is 23.4 Å². The highest BCUT2D eigenvalue weighted by atomic mass is 79.9. The minimum Gasteiger partial charge on any atom is -0.468 e. The van der Waals surface area contributed by atoms with Crippen LogP contribution in [0.15, 0.2) is 63.2 Å². The summed E-state index contributed by atoms with van der Waals surface area (Å²) < 4.78 is 37.5. The number of halogens is 1. The van der Waals surface area contributed by atoms with Crippen LogP contribution in [0.4, 0.5) is 0 Å². The van der Waals surface area contributed by atoms with Crippen LogP contribution < -0.4 is 20.9 Å². The lowest BCUT2D eigenvalue weighted by atomic mass is 10.1. The zero-order valence-electron chi connectivity index (χ0n) is 21.9. The van der Waals surface area contributed by atoms with Crippen molar-refractivity contribution >= 4 is 46.5 Å². The molecule has 4 atom stereocenters. The van der Waals surface area contributed by atoms with Gasteiger partial charge in [-0.2, -0.15) is 5.09 Å². The van der Waals surface area contributed by atoms with E-state index in [1.807, 2.05) is 18.2 Å². The van der Waals surface area contributed by atoms with E-state index in [1.165, 1.54) is 38.2 Å². The Morgan fingerprint density at radius 3 is 2.73 bits per heavy atom. The summed E-state index contributed by atoms with van der Waals surface area (Å²) in [5.74, 6) is -0.464. The van der Waals surface area contributed by atoms with Gasteiger partial charge in [0.25, 0.3) is 5.56 Å². The van der Waals surface area contributed by atoms with E-state index in [4.69, 9.17) is 18.5 Å². The molecule has 12 nitrogen and oxygen atoms in total. The van der Waals surface area contributed by atoms with Crippen molar-refractivity contribution in [3.8, 4) is 5.75 Å². The van der Waals surface area contributed by atoms with Crippen molar-refractivity contribution in [3.05, 3.63) is 80.0 Å². The third-order valence-electron chi connectivity index (χ3n) is 6.24. The van der Waals surface area contributed by atoms with Crippen molar-refractivity contribution in [3.63, 3.8) is 0 Å². The number of carbonyl (C=O) groups is 1. The van der Waals surface area contributed by atoms with Gasteiger partial charge < -0.3 is 19.1 Å². The molecule has 3 aromatic rings. The van der Waals surface area contributed by atoms with Crippen molar-refractivity contribution in [1.82, 2.24) is 14.6 Å². The first-order chi connectivity index (χ1) is 19.0. The number of nitrogens with zero attached hydrogens (tertiary/aromatic N) is 1. The maximum atomic E-state index is 14.1. The van der Waals surface area contributed by atoms with Crippen LogP contribution in [0.5, 0.6) is 5.75 Å². The molecule has 0 aliphatic carbocycles. The number of aromatic nitrogens is 2. The Bertz CT molecular complexity index is 1580. The van der Waals surface area contributed by atoms with E-state index >= 15 is 0 Å². The fourth-order valence-corrected chi connectivity index (χ4v) is 6.22. The number of fused-ring (bicyclic) bond motifs is 1. The van der Waals surface area contributed by atoms with Gasteiger partial charge in [-0.05, 0) is 36.4 Å².